The number of carbonyl (C=O) groups is 1. The number of hydrogen-bond donors (Lipinski definition) is 0. The zero-order valence-electron chi connectivity index (χ0n) is 15.4. The molecule has 1 heterocycles. The number of carbonyl (C=O) groups excluding carboxylic acids is 1. The van der Waals surface area contributed by atoms with Gasteiger partial charge in [0, 0.05) is 42.5 Å². The number of nitrogens with zero attached hydrogens (tertiary/aromatic N) is 3. The van der Waals surface area contributed by atoms with Crippen molar-refractivity contribution in [1.29, 1.82) is 5.26 Å². The zero-order valence-corrected chi connectivity index (χ0v) is 15.4. The molecule has 0 unspecified atom stereocenters. The molecule has 5 heteroatoms. The second-order valence-electron chi connectivity index (χ2n) is 6.72. The molecule has 0 saturated heterocycles. The van der Waals surface area contributed by atoms with E-state index in [-0.39, 0.29) is 22.5 Å². The molecular weight excluding hydrogens is 353 g/mol. The van der Waals surface area contributed by atoms with E-state index in [9.17, 15) is 14.4 Å². The Kier molecular flexibility index (Phi) is 4.25. The summed E-state index contributed by atoms with van der Waals surface area (Å²) in [5.74, 6) is -0.727. The maximum absolute atomic E-state index is 14.7. The molecule has 3 aromatic rings. The van der Waals surface area contributed by atoms with Crippen LogP contribution in [0.15, 0.2) is 54.7 Å². The first kappa shape index (κ1) is 17.6. The third-order valence-corrected chi connectivity index (χ3v) is 4.66. The molecule has 0 aliphatic heterocycles. The van der Waals surface area contributed by atoms with E-state index in [4.69, 9.17) is 0 Å². The molecule has 0 fully saturated rings. The largest absolute Gasteiger partial charge is 0.383 e. The summed E-state index contributed by atoms with van der Waals surface area (Å²) >= 11 is 0. The molecule has 28 heavy (non-hydrogen) atoms. The van der Waals surface area contributed by atoms with E-state index in [0.717, 1.165) is 0 Å². The fourth-order valence-electron chi connectivity index (χ4n) is 3.43. The van der Waals surface area contributed by atoms with Gasteiger partial charge in [-0.25, -0.2) is 9.37 Å². The van der Waals surface area contributed by atoms with E-state index >= 15 is 0 Å². The maximum atomic E-state index is 14.7. The molecule has 0 amide bonds. The number of pyridine rings is 1. The first-order valence-corrected chi connectivity index (χ1v) is 8.74. The molecule has 4 nitrogen and oxygen atoms in total. The number of nitriles is 1. The van der Waals surface area contributed by atoms with Crippen molar-refractivity contribution >= 4 is 11.9 Å². The summed E-state index contributed by atoms with van der Waals surface area (Å²) in [6.45, 7) is 0. The van der Waals surface area contributed by atoms with E-state index in [0.29, 0.717) is 28.1 Å². The first-order chi connectivity index (χ1) is 13.5. The molecule has 0 N–H and O–H groups in total. The van der Waals surface area contributed by atoms with E-state index in [1.807, 2.05) is 31.1 Å². The van der Waals surface area contributed by atoms with Crippen LogP contribution >= 0.6 is 0 Å². The van der Waals surface area contributed by atoms with Crippen LogP contribution in [-0.4, -0.2) is 29.8 Å². The van der Waals surface area contributed by atoms with Crippen LogP contribution in [0.25, 0.3) is 28.5 Å². The summed E-state index contributed by atoms with van der Waals surface area (Å²) in [5, 5.41) is 9.88. The van der Waals surface area contributed by atoms with E-state index < -0.39 is 5.82 Å². The minimum absolute atomic E-state index is 0.183. The second-order valence-corrected chi connectivity index (χ2v) is 6.72. The summed E-state index contributed by atoms with van der Waals surface area (Å²) in [6, 6.07) is 15.5. The average molecular weight is 369 g/mol. The average Bonchev–Trinajstić information content (AvgIpc) is 2.98. The predicted octanol–water partition coefficient (Wildman–Crippen LogP) is 4.50. The van der Waals surface area contributed by atoms with Crippen molar-refractivity contribution in [1.82, 2.24) is 9.88 Å². The minimum Gasteiger partial charge on any atom is -0.383 e. The zero-order chi connectivity index (χ0) is 19.8. The van der Waals surface area contributed by atoms with E-state index in [1.165, 1.54) is 6.07 Å². The summed E-state index contributed by atoms with van der Waals surface area (Å²) in [4.78, 5) is 19.6. The standard InChI is InChI=1S/C23H16FN3O/c1-27(2)12-11-19-17(13-25)20(16-9-5-6-10-18(16)24)21-22(26-19)14-7-3-4-8-15(14)23(21)28/h3-12H,1-2H3. The maximum Gasteiger partial charge on any atom is 0.196 e. The number of benzene rings is 2. The fourth-order valence-corrected chi connectivity index (χ4v) is 3.43. The lowest BCUT2D eigenvalue weighted by Gasteiger charge is -2.14. The van der Waals surface area contributed by atoms with Crippen LogP contribution in [0.1, 0.15) is 27.2 Å². The topological polar surface area (TPSA) is 57.0 Å². The van der Waals surface area contributed by atoms with Crippen LogP contribution in [0.3, 0.4) is 0 Å². The Labute approximate surface area is 162 Å². The Balaban J connectivity index is 2.13. The van der Waals surface area contributed by atoms with Crippen molar-refractivity contribution < 1.29 is 9.18 Å². The quantitative estimate of drug-likeness (QED) is 0.533. The number of rotatable bonds is 3. The molecule has 1 aliphatic rings. The van der Waals surface area contributed by atoms with Crippen LogP contribution < -0.4 is 0 Å². The van der Waals surface area contributed by atoms with Gasteiger partial charge in [0.2, 0.25) is 0 Å². The molecule has 136 valence electrons. The molecule has 4 rings (SSSR count). The van der Waals surface area contributed by atoms with E-state index in [1.54, 1.807) is 42.6 Å². The molecule has 0 radical (unpaired) electrons. The summed E-state index contributed by atoms with van der Waals surface area (Å²) in [7, 11) is 3.71. The number of hydrogen-bond acceptors (Lipinski definition) is 4. The van der Waals surface area contributed by atoms with Gasteiger partial charge in [-0.1, -0.05) is 42.5 Å². The van der Waals surface area contributed by atoms with Crippen molar-refractivity contribution in [2.75, 3.05) is 14.1 Å². The Bertz CT molecular complexity index is 1190. The summed E-state index contributed by atoms with van der Waals surface area (Å²) < 4.78 is 14.7. The molecule has 1 aromatic heterocycles. The van der Waals surface area contributed by atoms with Gasteiger partial charge in [0.25, 0.3) is 0 Å². The smallest absolute Gasteiger partial charge is 0.196 e. The van der Waals surface area contributed by atoms with Gasteiger partial charge in [0.05, 0.1) is 22.5 Å². The van der Waals surface area contributed by atoms with Gasteiger partial charge < -0.3 is 4.90 Å². The highest BCUT2D eigenvalue weighted by Gasteiger charge is 2.34. The lowest BCUT2D eigenvalue weighted by Crippen LogP contribution is -2.06. The van der Waals surface area contributed by atoms with Crippen molar-refractivity contribution in [3.05, 3.63) is 82.9 Å². The van der Waals surface area contributed by atoms with Crippen molar-refractivity contribution in [2.24, 2.45) is 0 Å². The molecule has 1 aliphatic carbocycles. The van der Waals surface area contributed by atoms with Crippen molar-refractivity contribution in [3.63, 3.8) is 0 Å². The molecule has 0 spiro atoms. The van der Waals surface area contributed by atoms with Gasteiger partial charge in [-0.3, -0.25) is 4.79 Å². The number of halogens is 1. The third-order valence-electron chi connectivity index (χ3n) is 4.66. The van der Waals surface area contributed by atoms with Crippen LogP contribution in [0.5, 0.6) is 0 Å². The Morgan fingerprint density at radius 3 is 2.29 bits per heavy atom. The minimum atomic E-state index is -0.487. The second kappa shape index (κ2) is 6.75. The number of fused-ring (bicyclic) bond motifs is 3. The number of aromatic nitrogens is 1. The number of ketones is 1. The molecule has 0 saturated carbocycles. The highest BCUT2D eigenvalue weighted by molar-refractivity contribution is 6.24. The van der Waals surface area contributed by atoms with Gasteiger partial charge in [0.15, 0.2) is 5.78 Å². The van der Waals surface area contributed by atoms with Gasteiger partial charge in [-0.05, 0) is 12.1 Å². The summed E-state index contributed by atoms with van der Waals surface area (Å²) in [5.41, 5.74) is 3.08. The van der Waals surface area contributed by atoms with E-state index in [2.05, 4.69) is 11.1 Å². The monoisotopic (exact) mass is 369 g/mol. The molecular formula is C23H16FN3O. The lowest BCUT2D eigenvalue weighted by molar-refractivity contribution is 0.104. The van der Waals surface area contributed by atoms with Crippen LogP contribution in [0.4, 0.5) is 4.39 Å². The van der Waals surface area contributed by atoms with Gasteiger partial charge >= 0.3 is 0 Å². The Hall–Kier alpha value is -3.78. The fraction of sp³-hybridized carbons (Fsp3) is 0.0870. The van der Waals surface area contributed by atoms with Gasteiger partial charge in [-0.2, -0.15) is 5.26 Å². The lowest BCUT2D eigenvalue weighted by atomic mass is 9.92. The van der Waals surface area contributed by atoms with Gasteiger partial charge in [-0.15, -0.1) is 0 Å². The molecule has 0 bridgehead atoms. The van der Waals surface area contributed by atoms with Gasteiger partial charge in [0.1, 0.15) is 11.9 Å². The van der Waals surface area contributed by atoms with Crippen molar-refractivity contribution in [2.45, 2.75) is 0 Å². The van der Waals surface area contributed by atoms with Crippen LogP contribution in [0.2, 0.25) is 0 Å². The molecule has 0 atom stereocenters. The predicted molar refractivity (Wildman–Crippen MR) is 106 cm³/mol. The highest BCUT2D eigenvalue weighted by atomic mass is 19.1. The first-order valence-electron chi connectivity index (χ1n) is 8.74. The Morgan fingerprint density at radius 1 is 1.00 bits per heavy atom. The highest BCUT2D eigenvalue weighted by Crippen LogP contribution is 2.43. The SMILES string of the molecule is CN(C)C=Cc1nc2c(c(-c3ccccc3F)c1C#N)C(=O)c1ccccc1-2. The normalized spacial score (nSPS) is 12.0. The Morgan fingerprint density at radius 2 is 1.64 bits per heavy atom. The van der Waals surface area contributed by atoms with Crippen LogP contribution in [0, 0.1) is 17.1 Å². The van der Waals surface area contributed by atoms with Crippen LogP contribution in [-0.2, 0) is 0 Å². The third kappa shape index (κ3) is 2.67. The van der Waals surface area contributed by atoms with Crippen molar-refractivity contribution in [3.8, 4) is 28.5 Å². The summed E-state index contributed by atoms with van der Waals surface area (Å²) in [6.07, 6.45) is 3.47. The molecule has 2 aromatic carbocycles.